The molecule has 0 aromatic carbocycles. The Hall–Kier alpha value is -0.620. The number of carbonyl (C=O) groups is 3. The van der Waals surface area contributed by atoms with E-state index in [2.05, 4.69) is 0 Å². The van der Waals surface area contributed by atoms with E-state index in [0.717, 1.165) is 11.8 Å². The van der Waals surface area contributed by atoms with Gasteiger partial charge in [0.05, 0.1) is 5.04 Å². The molecule has 0 aliphatic carbocycles. The Bertz CT molecular complexity index is 248. The lowest BCUT2D eigenvalue weighted by atomic mass is 10.3. The Morgan fingerprint density at radius 1 is 1.00 bits per heavy atom. The summed E-state index contributed by atoms with van der Waals surface area (Å²) in [5, 5.41) is 6.78. The van der Waals surface area contributed by atoms with E-state index in [-0.39, 0.29) is 33.2 Å². The van der Waals surface area contributed by atoms with Gasteiger partial charge in [0.2, 0.25) is 0 Å². The van der Waals surface area contributed by atoms with Crippen LogP contribution in [0.15, 0.2) is 0 Å². The van der Waals surface area contributed by atoms with E-state index in [9.17, 15) is 14.4 Å². The van der Waals surface area contributed by atoms with E-state index in [1.807, 2.05) is 0 Å². The maximum Gasteiger partial charge on any atom is 0.196 e. The van der Waals surface area contributed by atoms with Crippen molar-refractivity contribution in [2.45, 2.75) is 26.7 Å². The van der Waals surface area contributed by atoms with Crippen LogP contribution in [0.1, 0.15) is 26.7 Å². The molecule has 0 fully saturated rings. The molecule has 0 aliphatic heterocycles. The molecule has 0 amide bonds. The van der Waals surface area contributed by atoms with E-state index in [4.69, 9.17) is 5.41 Å². The zero-order chi connectivity index (χ0) is 11.1. The van der Waals surface area contributed by atoms with Crippen LogP contribution >= 0.6 is 23.5 Å². The van der Waals surface area contributed by atoms with Gasteiger partial charge in [-0.3, -0.25) is 19.8 Å². The second-order valence-electron chi connectivity index (χ2n) is 2.48. The minimum absolute atomic E-state index is 0.128. The molecule has 0 heterocycles. The van der Waals surface area contributed by atoms with Crippen LogP contribution in [0.5, 0.6) is 0 Å². The fourth-order valence-corrected chi connectivity index (χ4v) is 1.73. The fraction of sp³-hybridized carbons (Fsp3) is 0.500. The van der Waals surface area contributed by atoms with Crippen LogP contribution in [0, 0.1) is 5.41 Å². The van der Waals surface area contributed by atoms with Crippen molar-refractivity contribution in [2.75, 3.05) is 0 Å². The molecule has 0 aromatic heterocycles. The van der Waals surface area contributed by atoms with E-state index in [1.165, 1.54) is 13.8 Å². The molecule has 0 spiro atoms. The first-order valence-corrected chi connectivity index (χ1v) is 5.52. The minimum atomic E-state index is -0.258. The molecule has 0 saturated carbocycles. The third kappa shape index (κ3) is 8.00. The second kappa shape index (κ2) is 6.78. The summed E-state index contributed by atoms with van der Waals surface area (Å²) in [4.78, 5) is 32.1. The number of rotatable bonds is 3. The van der Waals surface area contributed by atoms with Crippen LogP contribution in [-0.2, 0) is 14.4 Å². The van der Waals surface area contributed by atoms with Gasteiger partial charge >= 0.3 is 0 Å². The molecule has 0 aromatic rings. The summed E-state index contributed by atoms with van der Waals surface area (Å²) in [6.07, 6.45) is 0.354. The van der Waals surface area contributed by atoms with Crippen LogP contribution in [-0.4, -0.2) is 20.4 Å². The summed E-state index contributed by atoms with van der Waals surface area (Å²) in [7, 11) is 0. The quantitative estimate of drug-likeness (QED) is 0.594. The summed E-state index contributed by atoms with van der Waals surface area (Å²) in [5.74, 6) is 0. The third-order valence-corrected chi connectivity index (χ3v) is 2.54. The fourth-order valence-electron chi connectivity index (χ4n) is 0.651. The zero-order valence-electron chi connectivity index (χ0n) is 7.96. The van der Waals surface area contributed by atoms with Crippen molar-refractivity contribution in [3.8, 4) is 0 Å². The summed E-state index contributed by atoms with van der Waals surface area (Å²) in [5.41, 5.74) is 0. The molecule has 0 bridgehead atoms. The van der Waals surface area contributed by atoms with Crippen molar-refractivity contribution in [3.05, 3.63) is 0 Å². The van der Waals surface area contributed by atoms with Crippen LogP contribution in [0.2, 0.25) is 0 Å². The van der Waals surface area contributed by atoms with Crippen LogP contribution in [0.25, 0.3) is 0 Å². The van der Waals surface area contributed by atoms with Gasteiger partial charge in [0.15, 0.2) is 15.3 Å². The van der Waals surface area contributed by atoms with Gasteiger partial charge in [-0.15, -0.1) is 0 Å². The van der Waals surface area contributed by atoms with Gasteiger partial charge in [0.25, 0.3) is 0 Å². The molecule has 0 rings (SSSR count). The molecule has 0 unspecified atom stereocenters. The van der Waals surface area contributed by atoms with Crippen LogP contribution < -0.4 is 0 Å². The Morgan fingerprint density at radius 2 is 1.50 bits per heavy atom. The molecule has 0 radical (unpaired) electrons. The third-order valence-electron chi connectivity index (χ3n) is 1.08. The molecular formula is C8H11NO3S2. The van der Waals surface area contributed by atoms with Crippen molar-refractivity contribution in [1.82, 2.24) is 0 Å². The predicted octanol–water partition coefficient (Wildman–Crippen LogP) is 1.83. The number of carbonyl (C=O) groups excluding carboxylic acids is 3. The molecule has 14 heavy (non-hydrogen) atoms. The maximum atomic E-state index is 11.0. The Morgan fingerprint density at radius 3 is 1.93 bits per heavy atom. The highest BCUT2D eigenvalue weighted by Gasteiger charge is 2.09. The van der Waals surface area contributed by atoms with Crippen molar-refractivity contribution >= 4 is 43.9 Å². The van der Waals surface area contributed by atoms with Gasteiger partial charge in [-0.05, 0) is 23.5 Å². The summed E-state index contributed by atoms with van der Waals surface area (Å²) >= 11 is 1.46. The number of hydrogen-bond acceptors (Lipinski definition) is 6. The summed E-state index contributed by atoms with van der Waals surface area (Å²) in [6.45, 7) is 2.68. The smallest absolute Gasteiger partial charge is 0.196 e. The van der Waals surface area contributed by atoms with Crippen molar-refractivity contribution in [2.24, 2.45) is 0 Å². The Labute approximate surface area is 90.7 Å². The van der Waals surface area contributed by atoms with Crippen molar-refractivity contribution in [3.63, 3.8) is 0 Å². The van der Waals surface area contributed by atoms with Gasteiger partial charge in [0, 0.05) is 26.7 Å². The minimum Gasteiger partial charge on any atom is -0.298 e. The van der Waals surface area contributed by atoms with Crippen LogP contribution in [0.3, 0.4) is 0 Å². The lowest BCUT2D eigenvalue weighted by Crippen LogP contribution is -2.01. The summed E-state index contributed by atoms with van der Waals surface area (Å²) < 4.78 is 0. The normalized spacial score (nSPS) is 9.57. The molecule has 6 heteroatoms. The first-order chi connectivity index (χ1) is 6.41. The molecule has 1 N–H and O–H groups in total. The molecule has 78 valence electrons. The molecule has 4 nitrogen and oxygen atoms in total. The highest BCUT2D eigenvalue weighted by atomic mass is 32.2. The second-order valence-corrected chi connectivity index (χ2v) is 4.99. The largest absolute Gasteiger partial charge is 0.298 e. The first kappa shape index (κ1) is 13.4. The van der Waals surface area contributed by atoms with E-state index in [1.54, 1.807) is 0 Å². The summed E-state index contributed by atoms with van der Waals surface area (Å²) in [6, 6.07) is 0. The predicted molar refractivity (Wildman–Crippen MR) is 58.5 cm³/mol. The number of thioether (sulfide) groups is 2. The zero-order valence-corrected chi connectivity index (χ0v) is 9.59. The van der Waals surface area contributed by atoms with Crippen molar-refractivity contribution in [1.29, 1.82) is 5.41 Å². The Balaban J connectivity index is 3.72. The lowest BCUT2D eigenvalue weighted by Gasteiger charge is -1.98. The van der Waals surface area contributed by atoms with Gasteiger partial charge in [0.1, 0.15) is 0 Å². The number of hydrogen-bond donors (Lipinski definition) is 1. The van der Waals surface area contributed by atoms with Gasteiger partial charge in [-0.25, -0.2) is 0 Å². The lowest BCUT2D eigenvalue weighted by molar-refractivity contribution is -0.112. The maximum absolute atomic E-state index is 11.0. The SMILES string of the molecule is CC(=O)SC(=N)CCC(=O)SC(C)=O. The van der Waals surface area contributed by atoms with Gasteiger partial charge in [-0.2, -0.15) is 0 Å². The molecule has 0 aliphatic rings. The topological polar surface area (TPSA) is 75.1 Å². The number of nitrogens with one attached hydrogen (secondary N) is 1. The highest BCUT2D eigenvalue weighted by Crippen LogP contribution is 2.13. The highest BCUT2D eigenvalue weighted by molar-refractivity contribution is 8.26. The van der Waals surface area contributed by atoms with E-state index < -0.39 is 0 Å². The van der Waals surface area contributed by atoms with E-state index >= 15 is 0 Å². The molecular weight excluding hydrogens is 222 g/mol. The van der Waals surface area contributed by atoms with Crippen LogP contribution in [0.4, 0.5) is 0 Å². The molecule has 0 saturated heterocycles. The molecule has 0 atom stereocenters. The Kier molecular flexibility index (Phi) is 6.48. The average molecular weight is 233 g/mol. The average Bonchev–Trinajstić information content (AvgIpc) is 1.98. The monoisotopic (exact) mass is 233 g/mol. The van der Waals surface area contributed by atoms with Gasteiger partial charge < -0.3 is 0 Å². The first-order valence-electron chi connectivity index (χ1n) is 3.89. The van der Waals surface area contributed by atoms with E-state index in [0.29, 0.717) is 11.8 Å². The van der Waals surface area contributed by atoms with Gasteiger partial charge in [-0.1, -0.05) is 0 Å². The standard InChI is InChI=1S/C8H11NO3S2/c1-5(10)13-7(9)3-4-8(12)14-6(2)11/h9H,3-4H2,1-2H3. The van der Waals surface area contributed by atoms with Crippen molar-refractivity contribution < 1.29 is 14.4 Å².